The third-order valence-electron chi connectivity index (χ3n) is 3.83. The maximum atomic E-state index is 12.1. The van der Waals surface area contributed by atoms with Crippen molar-refractivity contribution < 1.29 is 14.1 Å². The Morgan fingerprint density at radius 3 is 2.62 bits per heavy atom. The van der Waals surface area contributed by atoms with Crippen LogP contribution in [0.4, 0.5) is 16.3 Å². The van der Waals surface area contributed by atoms with Crippen LogP contribution in [0.1, 0.15) is 20.8 Å². The van der Waals surface area contributed by atoms with Gasteiger partial charge in [-0.1, -0.05) is 5.16 Å². The Morgan fingerprint density at radius 1 is 1.29 bits per heavy atom. The van der Waals surface area contributed by atoms with Gasteiger partial charge in [0, 0.05) is 39.3 Å². The zero-order valence-corrected chi connectivity index (χ0v) is 14.5. The smallest absolute Gasteiger partial charge is 0.410 e. The molecular weight excluding hydrogens is 310 g/mol. The molecule has 0 aliphatic carbocycles. The SMILES string of the molecule is CNc1noc2cc(N3CCN(C(=O)OC(C)(C)C)CC3)cnc12. The number of hydrogen-bond donors (Lipinski definition) is 1. The van der Waals surface area contributed by atoms with E-state index in [-0.39, 0.29) is 6.09 Å². The van der Waals surface area contributed by atoms with E-state index in [0.29, 0.717) is 30.0 Å². The van der Waals surface area contributed by atoms with Crippen molar-refractivity contribution in [3.63, 3.8) is 0 Å². The van der Waals surface area contributed by atoms with Gasteiger partial charge in [-0.3, -0.25) is 0 Å². The topological polar surface area (TPSA) is 83.7 Å². The number of ether oxygens (including phenoxy) is 1. The number of rotatable bonds is 2. The highest BCUT2D eigenvalue weighted by Crippen LogP contribution is 2.25. The molecule has 130 valence electrons. The van der Waals surface area contributed by atoms with Crippen LogP contribution < -0.4 is 10.2 Å². The predicted molar refractivity (Wildman–Crippen MR) is 91.4 cm³/mol. The van der Waals surface area contributed by atoms with Gasteiger partial charge in [-0.25, -0.2) is 9.78 Å². The van der Waals surface area contributed by atoms with Gasteiger partial charge in [0.25, 0.3) is 0 Å². The van der Waals surface area contributed by atoms with Gasteiger partial charge in [-0.15, -0.1) is 0 Å². The Hall–Kier alpha value is -2.51. The van der Waals surface area contributed by atoms with Crippen LogP contribution in [0.15, 0.2) is 16.8 Å². The number of aromatic nitrogens is 2. The molecule has 0 spiro atoms. The molecule has 0 radical (unpaired) electrons. The molecule has 2 aromatic rings. The Labute approximate surface area is 140 Å². The van der Waals surface area contributed by atoms with E-state index in [1.54, 1.807) is 11.9 Å². The molecule has 3 rings (SSSR count). The molecule has 1 fully saturated rings. The minimum atomic E-state index is -0.472. The first-order valence-corrected chi connectivity index (χ1v) is 8.03. The molecule has 1 saturated heterocycles. The van der Waals surface area contributed by atoms with E-state index in [2.05, 4.69) is 20.4 Å². The minimum Gasteiger partial charge on any atom is -0.444 e. The molecule has 1 amide bonds. The molecule has 8 nitrogen and oxygen atoms in total. The molecule has 0 bridgehead atoms. The van der Waals surface area contributed by atoms with Crippen LogP contribution in [0.3, 0.4) is 0 Å². The van der Waals surface area contributed by atoms with Crippen molar-refractivity contribution in [3.8, 4) is 0 Å². The molecular formula is C16H23N5O3. The summed E-state index contributed by atoms with van der Waals surface area (Å²) in [7, 11) is 1.78. The summed E-state index contributed by atoms with van der Waals surface area (Å²) in [6.45, 7) is 8.30. The van der Waals surface area contributed by atoms with Crippen LogP contribution in [0.5, 0.6) is 0 Å². The highest BCUT2D eigenvalue weighted by Gasteiger charge is 2.26. The van der Waals surface area contributed by atoms with Gasteiger partial charge >= 0.3 is 6.09 Å². The molecule has 1 N–H and O–H groups in total. The van der Waals surface area contributed by atoms with Gasteiger partial charge in [0.2, 0.25) is 0 Å². The summed E-state index contributed by atoms with van der Waals surface area (Å²) in [5.41, 5.74) is 1.85. The lowest BCUT2D eigenvalue weighted by molar-refractivity contribution is 0.0240. The Morgan fingerprint density at radius 2 is 2.00 bits per heavy atom. The maximum absolute atomic E-state index is 12.1. The summed E-state index contributed by atoms with van der Waals surface area (Å²) in [4.78, 5) is 20.4. The second kappa shape index (κ2) is 6.18. The summed E-state index contributed by atoms with van der Waals surface area (Å²) >= 11 is 0. The van der Waals surface area contributed by atoms with E-state index in [4.69, 9.17) is 9.26 Å². The zero-order chi connectivity index (χ0) is 17.3. The summed E-state index contributed by atoms with van der Waals surface area (Å²) in [6.07, 6.45) is 1.55. The fourth-order valence-electron chi connectivity index (χ4n) is 2.63. The zero-order valence-electron chi connectivity index (χ0n) is 14.5. The second-order valence-corrected chi connectivity index (χ2v) is 6.78. The molecule has 0 saturated carbocycles. The number of fused-ring (bicyclic) bond motifs is 1. The number of carbonyl (C=O) groups excluding carboxylic acids is 1. The van der Waals surface area contributed by atoms with Gasteiger partial charge in [0.05, 0.1) is 11.9 Å². The van der Waals surface area contributed by atoms with Crippen molar-refractivity contribution in [3.05, 3.63) is 12.3 Å². The number of hydrogen-bond acceptors (Lipinski definition) is 7. The van der Waals surface area contributed by atoms with Crippen LogP contribution in [0.25, 0.3) is 11.1 Å². The highest BCUT2D eigenvalue weighted by molar-refractivity contribution is 5.85. The molecule has 1 aliphatic heterocycles. The first kappa shape index (κ1) is 16.4. The summed E-state index contributed by atoms with van der Waals surface area (Å²) < 4.78 is 10.7. The molecule has 0 atom stereocenters. The first-order valence-electron chi connectivity index (χ1n) is 8.03. The molecule has 1 aliphatic rings. The third-order valence-corrected chi connectivity index (χ3v) is 3.83. The van der Waals surface area contributed by atoms with Crippen LogP contribution in [-0.4, -0.2) is 60.0 Å². The normalized spacial score (nSPS) is 15.7. The van der Waals surface area contributed by atoms with Gasteiger partial charge < -0.3 is 24.4 Å². The van der Waals surface area contributed by atoms with Gasteiger partial charge in [-0.2, -0.15) is 0 Å². The van der Waals surface area contributed by atoms with E-state index in [9.17, 15) is 4.79 Å². The Balaban J connectivity index is 1.65. The second-order valence-electron chi connectivity index (χ2n) is 6.78. The van der Waals surface area contributed by atoms with E-state index < -0.39 is 5.60 Å². The number of amides is 1. The van der Waals surface area contributed by atoms with E-state index >= 15 is 0 Å². The van der Waals surface area contributed by atoms with Crippen molar-refractivity contribution in [2.75, 3.05) is 43.4 Å². The lowest BCUT2D eigenvalue weighted by Crippen LogP contribution is -2.50. The molecule has 24 heavy (non-hydrogen) atoms. The van der Waals surface area contributed by atoms with Crippen LogP contribution in [-0.2, 0) is 4.74 Å². The van der Waals surface area contributed by atoms with Crippen molar-refractivity contribution in [2.24, 2.45) is 0 Å². The number of piperazine rings is 1. The highest BCUT2D eigenvalue weighted by atomic mass is 16.6. The minimum absolute atomic E-state index is 0.260. The van der Waals surface area contributed by atoms with E-state index in [1.165, 1.54) is 0 Å². The molecule has 3 heterocycles. The van der Waals surface area contributed by atoms with Crippen LogP contribution in [0, 0.1) is 0 Å². The van der Waals surface area contributed by atoms with E-state index in [0.717, 1.165) is 18.8 Å². The lowest BCUT2D eigenvalue weighted by Gasteiger charge is -2.36. The number of pyridine rings is 1. The quantitative estimate of drug-likeness (QED) is 0.903. The van der Waals surface area contributed by atoms with Crippen molar-refractivity contribution in [1.82, 2.24) is 15.0 Å². The maximum Gasteiger partial charge on any atom is 0.410 e. The standard InChI is InChI=1S/C16H23N5O3/c1-16(2,3)23-15(22)21-7-5-20(6-8-21)11-9-12-13(18-10-11)14(17-4)19-24-12/h9-10H,5-8H2,1-4H3,(H,17,19). The van der Waals surface area contributed by atoms with Crippen LogP contribution in [0.2, 0.25) is 0 Å². The Bertz CT molecular complexity index is 729. The average Bonchev–Trinajstić information content (AvgIpc) is 2.95. The van der Waals surface area contributed by atoms with Crippen molar-refractivity contribution in [2.45, 2.75) is 26.4 Å². The average molecular weight is 333 g/mol. The lowest BCUT2D eigenvalue weighted by atomic mass is 10.2. The van der Waals surface area contributed by atoms with E-state index in [1.807, 2.05) is 33.0 Å². The summed E-state index contributed by atoms with van der Waals surface area (Å²) in [5, 5.41) is 6.88. The molecule has 2 aromatic heterocycles. The molecule has 8 heteroatoms. The number of nitrogens with one attached hydrogen (secondary N) is 1. The third kappa shape index (κ3) is 3.37. The van der Waals surface area contributed by atoms with Gasteiger partial charge in [0.15, 0.2) is 16.9 Å². The fourth-order valence-corrected chi connectivity index (χ4v) is 2.63. The predicted octanol–water partition coefficient (Wildman–Crippen LogP) is 2.32. The van der Waals surface area contributed by atoms with Crippen molar-refractivity contribution >= 4 is 28.7 Å². The Kier molecular flexibility index (Phi) is 4.21. The monoisotopic (exact) mass is 333 g/mol. The summed E-state index contributed by atoms with van der Waals surface area (Å²) in [5.74, 6) is 0.631. The van der Waals surface area contributed by atoms with Gasteiger partial charge in [0.1, 0.15) is 5.60 Å². The van der Waals surface area contributed by atoms with Gasteiger partial charge in [-0.05, 0) is 20.8 Å². The molecule has 0 unspecified atom stereocenters. The first-order chi connectivity index (χ1) is 11.4. The molecule has 0 aromatic carbocycles. The number of anilines is 2. The fraction of sp³-hybridized carbons (Fsp3) is 0.562. The summed E-state index contributed by atoms with van der Waals surface area (Å²) in [6, 6.07) is 1.93. The largest absolute Gasteiger partial charge is 0.444 e. The number of nitrogens with zero attached hydrogens (tertiary/aromatic N) is 4. The van der Waals surface area contributed by atoms with Crippen molar-refractivity contribution in [1.29, 1.82) is 0 Å². The van der Waals surface area contributed by atoms with Crippen LogP contribution >= 0.6 is 0 Å². The number of carbonyl (C=O) groups is 1.